The normalized spacial score (nSPS) is 11.3. The molecule has 0 saturated carbocycles. The molecule has 4 aromatic rings. The van der Waals surface area contributed by atoms with Gasteiger partial charge < -0.3 is 5.32 Å². The molecule has 4 rings (SSSR count). The molecule has 1 amide bonds. The van der Waals surface area contributed by atoms with Gasteiger partial charge in [-0.3, -0.25) is 4.79 Å². The number of hydrogen-bond donors (Lipinski definition) is 1. The number of sulfone groups is 1. The standard InChI is InChI=1S/C23H16ClFN2O3S2/c1-32(29,30)19-8-3-2-7-18(19)20-21(14-9-11-16(25)12-10-14)31-23(27-20)22(28)26-17-6-4-5-15(24)13-17/h2-13H,1H3,(H,26,28). The fourth-order valence-electron chi connectivity index (χ4n) is 3.13. The van der Waals surface area contributed by atoms with Gasteiger partial charge in [-0.05, 0) is 42.0 Å². The van der Waals surface area contributed by atoms with Crippen molar-refractivity contribution in [3.05, 3.63) is 88.6 Å². The van der Waals surface area contributed by atoms with Crippen molar-refractivity contribution >= 4 is 44.4 Å². The Morgan fingerprint density at radius 1 is 1.03 bits per heavy atom. The maximum absolute atomic E-state index is 13.5. The first-order valence-corrected chi connectivity index (χ1v) is 12.4. The third-order valence-electron chi connectivity index (χ3n) is 4.55. The van der Waals surface area contributed by atoms with Crippen molar-refractivity contribution in [1.82, 2.24) is 4.98 Å². The Morgan fingerprint density at radius 2 is 1.75 bits per heavy atom. The average molecular weight is 487 g/mol. The van der Waals surface area contributed by atoms with Crippen molar-refractivity contribution in [2.75, 3.05) is 11.6 Å². The Hall–Kier alpha value is -3.07. The van der Waals surface area contributed by atoms with Gasteiger partial charge in [0.15, 0.2) is 14.8 Å². The molecule has 9 heteroatoms. The van der Waals surface area contributed by atoms with Crippen LogP contribution in [0.15, 0.2) is 77.7 Å². The van der Waals surface area contributed by atoms with E-state index < -0.39 is 21.6 Å². The maximum Gasteiger partial charge on any atom is 0.284 e. The van der Waals surface area contributed by atoms with E-state index in [1.807, 2.05) is 0 Å². The average Bonchev–Trinajstić information content (AvgIpc) is 3.19. The van der Waals surface area contributed by atoms with Crippen molar-refractivity contribution in [2.24, 2.45) is 0 Å². The summed E-state index contributed by atoms with van der Waals surface area (Å²) in [6.07, 6.45) is 1.11. The minimum absolute atomic E-state index is 0.0930. The largest absolute Gasteiger partial charge is 0.320 e. The third-order valence-corrected chi connectivity index (χ3v) is 7.05. The van der Waals surface area contributed by atoms with E-state index in [9.17, 15) is 17.6 Å². The van der Waals surface area contributed by atoms with E-state index in [-0.39, 0.29) is 9.90 Å². The van der Waals surface area contributed by atoms with Crippen molar-refractivity contribution in [2.45, 2.75) is 4.90 Å². The molecule has 0 spiro atoms. The van der Waals surface area contributed by atoms with E-state index in [0.29, 0.717) is 32.4 Å². The summed E-state index contributed by atoms with van der Waals surface area (Å²) in [5.41, 5.74) is 1.81. The molecule has 5 nitrogen and oxygen atoms in total. The first-order chi connectivity index (χ1) is 15.2. The molecule has 1 N–H and O–H groups in total. The van der Waals surface area contributed by atoms with E-state index in [1.54, 1.807) is 54.6 Å². The van der Waals surface area contributed by atoms with Crippen LogP contribution in [-0.2, 0) is 9.84 Å². The zero-order chi connectivity index (χ0) is 22.9. The molecule has 1 heterocycles. The molecular weight excluding hydrogens is 471 g/mol. The van der Waals surface area contributed by atoms with E-state index in [0.717, 1.165) is 17.6 Å². The first-order valence-electron chi connectivity index (χ1n) is 9.35. The number of hydrogen-bond acceptors (Lipinski definition) is 5. The Kier molecular flexibility index (Phi) is 6.10. The Labute approximate surface area is 193 Å². The Morgan fingerprint density at radius 3 is 2.44 bits per heavy atom. The van der Waals surface area contributed by atoms with Gasteiger partial charge in [-0.25, -0.2) is 17.8 Å². The summed E-state index contributed by atoms with van der Waals surface area (Å²) in [4.78, 5) is 18.0. The molecule has 0 atom stereocenters. The fourth-order valence-corrected chi connectivity index (χ4v) is 5.19. The molecule has 32 heavy (non-hydrogen) atoms. The van der Waals surface area contributed by atoms with Crippen LogP contribution in [0, 0.1) is 5.82 Å². The number of amides is 1. The predicted octanol–water partition coefficient (Wildman–Crippen LogP) is 5.93. The number of aromatic nitrogens is 1. The SMILES string of the molecule is CS(=O)(=O)c1ccccc1-c1nc(C(=O)Nc2cccc(Cl)c2)sc1-c1ccc(F)cc1. The van der Waals surface area contributed by atoms with E-state index in [4.69, 9.17) is 11.6 Å². The molecule has 0 aliphatic heterocycles. The summed E-state index contributed by atoms with van der Waals surface area (Å²) in [6.45, 7) is 0. The van der Waals surface area contributed by atoms with Gasteiger partial charge >= 0.3 is 0 Å². The highest BCUT2D eigenvalue weighted by molar-refractivity contribution is 7.90. The molecule has 0 unspecified atom stereocenters. The smallest absolute Gasteiger partial charge is 0.284 e. The lowest BCUT2D eigenvalue weighted by atomic mass is 10.1. The van der Waals surface area contributed by atoms with Crippen molar-refractivity contribution < 1.29 is 17.6 Å². The van der Waals surface area contributed by atoms with Gasteiger partial charge in [0.25, 0.3) is 5.91 Å². The number of anilines is 1. The van der Waals surface area contributed by atoms with Crippen LogP contribution < -0.4 is 5.32 Å². The van der Waals surface area contributed by atoms with Crippen LogP contribution in [0.4, 0.5) is 10.1 Å². The van der Waals surface area contributed by atoms with Crippen molar-refractivity contribution in [1.29, 1.82) is 0 Å². The predicted molar refractivity (Wildman–Crippen MR) is 125 cm³/mol. The minimum atomic E-state index is -3.56. The number of halogens is 2. The molecule has 162 valence electrons. The highest BCUT2D eigenvalue weighted by Crippen LogP contribution is 2.39. The molecule has 0 aliphatic carbocycles. The van der Waals surface area contributed by atoms with Gasteiger partial charge in [0.2, 0.25) is 0 Å². The topological polar surface area (TPSA) is 76.1 Å². The van der Waals surface area contributed by atoms with Gasteiger partial charge in [0.1, 0.15) is 5.82 Å². The molecule has 1 aromatic heterocycles. The van der Waals surface area contributed by atoms with E-state index >= 15 is 0 Å². The molecule has 0 aliphatic rings. The lowest BCUT2D eigenvalue weighted by molar-refractivity contribution is 0.102. The maximum atomic E-state index is 13.5. The number of nitrogens with zero attached hydrogens (tertiary/aromatic N) is 1. The Balaban J connectivity index is 1.85. The number of benzene rings is 3. The summed E-state index contributed by atoms with van der Waals surface area (Å²) in [6, 6.07) is 18.9. The van der Waals surface area contributed by atoms with Crippen molar-refractivity contribution in [3.8, 4) is 21.7 Å². The summed E-state index contributed by atoms with van der Waals surface area (Å²) in [5, 5.41) is 3.34. The van der Waals surface area contributed by atoms with Gasteiger partial charge in [0.05, 0.1) is 15.5 Å². The second-order valence-electron chi connectivity index (χ2n) is 6.94. The molecule has 3 aromatic carbocycles. The van der Waals surface area contributed by atoms with Gasteiger partial charge in [-0.1, -0.05) is 48.0 Å². The van der Waals surface area contributed by atoms with E-state index in [1.165, 1.54) is 18.2 Å². The molecule has 0 bridgehead atoms. The highest BCUT2D eigenvalue weighted by Gasteiger charge is 2.23. The summed E-state index contributed by atoms with van der Waals surface area (Å²) in [5.74, 6) is -0.876. The van der Waals surface area contributed by atoms with Crippen LogP contribution in [0.3, 0.4) is 0 Å². The lowest BCUT2D eigenvalue weighted by Gasteiger charge is -2.08. The second-order valence-corrected chi connectivity index (χ2v) is 10.4. The number of rotatable bonds is 5. The molecule has 0 fully saturated rings. The number of thiazole rings is 1. The Bertz CT molecular complexity index is 1420. The van der Waals surface area contributed by atoms with E-state index in [2.05, 4.69) is 10.3 Å². The zero-order valence-electron chi connectivity index (χ0n) is 16.7. The van der Waals surface area contributed by atoms with Crippen LogP contribution in [0.25, 0.3) is 21.7 Å². The summed E-state index contributed by atoms with van der Waals surface area (Å²) < 4.78 is 38.2. The van der Waals surface area contributed by atoms with Crippen LogP contribution in [0.2, 0.25) is 5.02 Å². The lowest BCUT2D eigenvalue weighted by Crippen LogP contribution is -2.11. The highest BCUT2D eigenvalue weighted by atomic mass is 35.5. The summed E-state index contributed by atoms with van der Waals surface area (Å²) >= 11 is 7.08. The number of nitrogens with one attached hydrogen (secondary N) is 1. The quantitative estimate of drug-likeness (QED) is 0.379. The third kappa shape index (κ3) is 4.72. The molecular formula is C23H16ClFN2O3S2. The van der Waals surface area contributed by atoms with Crippen molar-refractivity contribution in [3.63, 3.8) is 0 Å². The van der Waals surface area contributed by atoms with Gasteiger partial charge in [0, 0.05) is 22.5 Å². The summed E-state index contributed by atoms with van der Waals surface area (Å²) in [7, 11) is -3.56. The first kappa shape index (κ1) is 22.1. The van der Waals surface area contributed by atoms with Crippen LogP contribution >= 0.6 is 22.9 Å². The van der Waals surface area contributed by atoms with Gasteiger partial charge in [-0.2, -0.15) is 0 Å². The zero-order valence-corrected chi connectivity index (χ0v) is 19.1. The fraction of sp³-hybridized carbons (Fsp3) is 0.0435. The minimum Gasteiger partial charge on any atom is -0.320 e. The van der Waals surface area contributed by atoms with Crippen LogP contribution in [0.5, 0.6) is 0 Å². The molecule has 0 radical (unpaired) electrons. The number of carbonyl (C=O) groups excluding carboxylic acids is 1. The van der Waals surface area contributed by atoms with Crippen LogP contribution in [0.1, 0.15) is 9.80 Å². The monoisotopic (exact) mass is 486 g/mol. The molecule has 0 saturated heterocycles. The number of carbonyl (C=O) groups is 1. The second kappa shape index (κ2) is 8.82. The van der Waals surface area contributed by atoms with Crippen LogP contribution in [-0.4, -0.2) is 25.6 Å². The van der Waals surface area contributed by atoms with Gasteiger partial charge in [-0.15, -0.1) is 11.3 Å².